The van der Waals surface area contributed by atoms with Gasteiger partial charge >= 0.3 is 0 Å². The maximum absolute atomic E-state index is 13.2. The summed E-state index contributed by atoms with van der Waals surface area (Å²) in [6.45, 7) is 7.94. The highest BCUT2D eigenvalue weighted by atomic mass is 16.2. The van der Waals surface area contributed by atoms with E-state index in [-0.39, 0.29) is 11.3 Å². The third-order valence-corrected chi connectivity index (χ3v) is 5.49. The highest BCUT2D eigenvalue weighted by Gasteiger charge is 2.51. The number of H-pyrrole nitrogens is 1. The van der Waals surface area contributed by atoms with Crippen LogP contribution in [0.3, 0.4) is 0 Å². The van der Waals surface area contributed by atoms with Crippen molar-refractivity contribution in [2.24, 2.45) is 10.8 Å². The van der Waals surface area contributed by atoms with E-state index < -0.39 is 0 Å². The largest absolute Gasteiger partial charge is 0.361 e. The molecule has 2 heterocycles. The Balaban J connectivity index is 1.71. The van der Waals surface area contributed by atoms with Gasteiger partial charge in [-0.05, 0) is 42.2 Å². The summed E-state index contributed by atoms with van der Waals surface area (Å²) in [5.41, 5.74) is 2.41. The molecular weight excluding hydrogens is 272 g/mol. The third kappa shape index (κ3) is 2.06. The van der Waals surface area contributed by atoms with Crippen LogP contribution in [0.2, 0.25) is 0 Å². The minimum atomic E-state index is 0.194. The molecule has 2 fully saturated rings. The number of fused-ring (bicyclic) bond motifs is 3. The Morgan fingerprint density at radius 1 is 1.23 bits per heavy atom. The summed E-state index contributed by atoms with van der Waals surface area (Å²) in [4.78, 5) is 18.5. The number of aromatic nitrogens is 1. The zero-order valence-electron chi connectivity index (χ0n) is 13.6. The van der Waals surface area contributed by atoms with Gasteiger partial charge in [0.25, 0.3) is 5.91 Å². The van der Waals surface area contributed by atoms with Crippen molar-refractivity contribution >= 4 is 16.8 Å². The van der Waals surface area contributed by atoms with Crippen molar-refractivity contribution in [3.8, 4) is 0 Å². The molecule has 0 radical (unpaired) electrons. The van der Waals surface area contributed by atoms with E-state index in [1.165, 1.54) is 6.42 Å². The highest BCUT2D eigenvalue weighted by molar-refractivity contribution is 6.05. The fraction of sp³-hybridized carbons (Fsp3) is 0.526. The molecule has 0 unspecified atom stereocenters. The molecule has 1 aliphatic carbocycles. The van der Waals surface area contributed by atoms with Gasteiger partial charge in [-0.1, -0.05) is 32.9 Å². The average molecular weight is 296 g/mol. The number of nitrogens with one attached hydrogen (secondary N) is 1. The van der Waals surface area contributed by atoms with E-state index in [0.29, 0.717) is 11.5 Å². The van der Waals surface area contributed by atoms with E-state index in [1.54, 1.807) is 0 Å². The maximum Gasteiger partial charge on any atom is 0.256 e. The predicted molar refractivity (Wildman–Crippen MR) is 88.9 cm³/mol. The highest BCUT2D eigenvalue weighted by Crippen LogP contribution is 2.52. The zero-order valence-corrected chi connectivity index (χ0v) is 13.6. The van der Waals surface area contributed by atoms with Gasteiger partial charge in [0.1, 0.15) is 0 Å². The van der Waals surface area contributed by atoms with Crippen LogP contribution in [-0.4, -0.2) is 28.4 Å². The summed E-state index contributed by atoms with van der Waals surface area (Å²) in [7, 11) is 0. The van der Waals surface area contributed by atoms with Crippen LogP contribution < -0.4 is 0 Å². The zero-order chi connectivity index (χ0) is 15.5. The lowest BCUT2D eigenvalue weighted by Gasteiger charge is -2.39. The molecule has 1 aromatic carbocycles. The van der Waals surface area contributed by atoms with Crippen LogP contribution in [0.15, 0.2) is 30.5 Å². The number of hydrogen-bond acceptors (Lipinski definition) is 1. The summed E-state index contributed by atoms with van der Waals surface area (Å²) in [5, 5.41) is 1.11. The second-order valence-electron chi connectivity index (χ2n) is 8.39. The molecule has 3 heteroatoms. The number of rotatable bonds is 1. The minimum absolute atomic E-state index is 0.194. The molecule has 1 aliphatic heterocycles. The van der Waals surface area contributed by atoms with Crippen molar-refractivity contribution in [3.05, 3.63) is 36.0 Å². The molecule has 1 saturated heterocycles. The molecule has 1 aromatic heterocycles. The van der Waals surface area contributed by atoms with Gasteiger partial charge in [-0.15, -0.1) is 0 Å². The molecule has 1 N–H and O–H groups in total. The molecule has 0 spiro atoms. The number of benzene rings is 1. The van der Waals surface area contributed by atoms with Gasteiger partial charge in [-0.3, -0.25) is 4.79 Å². The Morgan fingerprint density at radius 3 is 2.86 bits per heavy atom. The van der Waals surface area contributed by atoms with Crippen molar-refractivity contribution in [1.82, 2.24) is 9.88 Å². The molecule has 22 heavy (non-hydrogen) atoms. The molecule has 3 nitrogen and oxygen atoms in total. The van der Waals surface area contributed by atoms with Crippen molar-refractivity contribution in [2.75, 3.05) is 6.54 Å². The van der Waals surface area contributed by atoms with Crippen LogP contribution in [0.5, 0.6) is 0 Å². The van der Waals surface area contributed by atoms with E-state index >= 15 is 0 Å². The van der Waals surface area contributed by atoms with Gasteiger partial charge in [-0.25, -0.2) is 0 Å². The Bertz CT molecular complexity index is 745. The first-order chi connectivity index (χ1) is 10.4. The molecule has 2 aliphatic rings. The van der Waals surface area contributed by atoms with Crippen LogP contribution in [0.25, 0.3) is 10.9 Å². The van der Waals surface area contributed by atoms with Crippen LogP contribution in [0.4, 0.5) is 0 Å². The first-order valence-corrected chi connectivity index (χ1v) is 8.24. The van der Waals surface area contributed by atoms with E-state index in [1.807, 2.05) is 24.4 Å². The third-order valence-electron chi connectivity index (χ3n) is 5.49. The summed E-state index contributed by atoms with van der Waals surface area (Å²) in [6.07, 6.45) is 5.40. The first kappa shape index (κ1) is 13.9. The number of carbonyl (C=O) groups excluding carboxylic acids is 1. The van der Waals surface area contributed by atoms with Crippen LogP contribution in [-0.2, 0) is 0 Å². The summed E-state index contributed by atoms with van der Waals surface area (Å²) < 4.78 is 0. The molecular formula is C19H24N2O. The average Bonchev–Trinajstić information content (AvgIpc) is 2.98. The molecule has 116 valence electrons. The van der Waals surface area contributed by atoms with Crippen molar-refractivity contribution in [1.29, 1.82) is 0 Å². The molecule has 1 amide bonds. The van der Waals surface area contributed by atoms with Gasteiger partial charge in [0.05, 0.1) is 11.1 Å². The minimum Gasteiger partial charge on any atom is -0.361 e. The Labute approximate surface area is 131 Å². The summed E-state index contributed by atoms with van der Waals surface area (Å²) >= 11 is 0. The van der Waals surface area contributed by atoms with E-state index in [9.17, 15) is 4.79 Å². The van der Waals surface area contributed by atoms with Gasteiger partial charge < -0.3 is 9.88 Å². The monoisotopic (exact) mass is 296 g/mol. The van der Waals surface area contributed by atoms with Gasteiger partial charge in [-0.2, -0.15) is 0 Å². The normalized spacial score (nSPS) is 30.0. The second-order valence-corrected chi connectivity index (χ2v) is 8.39. The Morgan fingerprint density at radius 2 is 2.05 bits per heavy atom. The van der Waals surface area contributed by atoms with Crippen LogP contribution in [0.1, 0.15) is 50.4 Å². The van der Waals surface area contributed by atoms with Crippen LogP contribution >= 0.6 is 0 Å². The fourth-order valence-electron chi connectivity index (χ4n) is 5.12. The predicted octanol–water partition coefficient (Wildman–Crippen LogP) is 4.21. The van der Waals surface area contributed by atoms with Crippen molar-refractivity contribution < 1.29 is 4.79 Å². The lowest BCUT2D eigenvalue weighted by Crippen LogP contribution is -2.37. The fourth-order valence-corrected chi connectivity index (χ4v) is 5.12. The number of nitrogens with zero attached hydrogens (tertiary/aromatic N) is 1. The summed E-state index contributed by atoms with van der Waals surface area (Å²) in [5.74, 6) is 0.194. The number of hydrogen-bond donors (Lipinski definition) is 1. The van der Waals surface area contributed by atoms with Crippen LogP contribution in [0, 0.1) is 10.8 Å². The first-order valence-electron chi connectivity index (χ1n) is 8.24. The molecule has 1 saturated carbocycles. The summed E-state index contributed by atoms with van der Waals surface area (Å²) in [6, 6.07) is 8.41. The second kappa shape index (κ2) is 4.37. The standard InChI is InChI=1S/C19H24N2O/c1-18(2)9-14-10-19(3,11-18)12-21(14)17(22)15-6-4-5-13-7-8-20-16(13)15/h4-8,14,20H,9-12H2,1-3H3/t14-,19+/m1/s1. The lowest BCUT2D eigenvalue weighted by molar-refractivity contribution is 0.0710. The number of carbonyl (C=O) groups is 1. The van der Waals surface area contributed by atoms with E-state index in [0.717, 1.165) is 35.9 Å². The van der Waals surface area contributed by atoms with Gasteiger partial charge in [0.15, 0.2) is 0 Å². The van der Waals surface area contributed by atoms with Gasteiger partial charge in [0.2, 0.25) is 0 Å². The number of amides is 1. The lowest BCUT2D eigenvalue weighted by atomic mass is 9.65. The van der Waals surface area contributed by atoms with Gasteiger partial charge in [0, 0.05) is 24.2 Å². The van der Waals surface area contributed by atoms with E-state index in [4.69, 9.17) is 0 Å². The SMILES string of the molecule is CC1(C)C[C@@H]2C[C@](C)(CN2C(=O)c2cccc3cc[nH]c23)C1. The number of likely N-dealkylation sites (tertiary alicyclic amines) is 1. The smallest absolute Gasteiger partial charge is 0.256 e. The Hall–Kier alpha value is -1.77. The number of para-hydroxylation sites is 1. The number of aromatic amines is 1. The molecule has 2 bridgehead atoms. The maximum atomic E-state index is 13.2. The molecule has 2 aromatic rings. The quantitative estimate of drug-likeness (QED) is 0.841. The van der Waals surface area contributed by atoms with Crippen molar-refractivity contribution in [2.45, 2.75) is 46.1 Å². The van der Waals surface area contributed by atoms with E-state index in [2.05, 4.69) is 36.7 Å². The van der Waals surface area contributed by atoms with Crippen molar-refractivity contribution in [3.63, 3.8) is 0 Å². The topological polar surface area (TPSA) is 36.1 Å². The molecule has 4 rings (SSSR count). The Kier molecular flexibility index (Phi) is 2.76. The molecule has 2 atom stereocenters.